The van der Waals surface area contributed by atoms with Crippen molar-refractivity contribution in [3.63, 3.8) is 0 Å². The van der Waals surface area contributed by atoms with E-state index in [4.69, 9.17) is 14.1 Å². The quantitative estimate of drug-likeness (QED) is 0.350. The molecule has 0 aliphatic carbocycles. The predicted molar refractivity (Wildman–Crippen MR) is 136 cm³/mol. The lowest BCUT2D eigenvalue weighted by molar-refractivity contribution is 0.153. The molecule has 4 aromatic rings. The number of hydrogen-bond donors (Lipinski definition) is 1. The molecule has 180 valence electrons. The fraction of sp³-hybridized carbons (Fsp3) is 0.192. The number of sulfonamides is 1. The average molecular weight is 554 g/mol. The van der Waals surface area contributed by atoms with Crippen molar-refractivity contribution in [3.8, 4) is 17.2 Å². The zero-order chi connectivity index (χ0) is 24.6. The molecule has 0 radical (unpaired) electrons. The van der Waals surface area contributed by atoms with E-state index in [1.807, 2.05) is 55.5 Å². The summed E-state index contributed by atoms with van der Waals surface area (Å²) in [6.45, 7) is 2.37. The van der Waals surface area contributed by atoms with Crippen molar-refractivity contribution < 1.29 is 17.6 Å². The molecule has 0 saturated heterocycles. The van der Waals surface area contributed by atoms with Gasteiger partial charge in [-0.3, -0.25) is 0 Å². The van der Waals surface area contributed by atoms with Gasteiger partial charge in [0, 0.05) is 16.6 Å². The standard InChI is InChI=1S/C26H24BrN3O4S/c1-17-10-12-21(13-11-17)35(31,32)29-30-15-14-18-6-3-4-9-22(18)24(30)25-28-23(26(33-2)34-25)19-7-5-8-20(27)16-19/h3-13,16,24,29H,14-15H2,1-2H3/t24-/m1/s1. The molecule has 5 rings (SSSR count). The molecule has 1 aliphatic rings. The van der Waals surface area contributed by atoms with E-state index >= 15 is 0 Å². The van der Waals surface area contributed by atoms with Gasteiger partial charge in [0.1, 0.15) is 6.04 Å². The van der Waals surface area contributed by atoms with Crippen molar-refractivity contribution in [2.45, 2.75) is 24.3 Å². The van der Waals surface area contributed by atoms with Crippen LogP contribution in [0.3, 0.4) is 0 Å². The summed E-state index contributed by atoms with van der Waals surface area (Å²) in [6, 6.07) is 21.8. The van der Waals surface area contributed by atoms with Gasteiger partial charge in [-0.25, -0.2) is 18.4 Å². The molecule has 1 atom stereocenters. The summed E-state index contributed by atoms with van der Waals surface area (Å²) >= 11 is 3.50. The molecule has 0 spiro atoms. The van der Waals surface area contributed by atoms with Crippen LogP contribution in [0.1, 0.15) is 28.6 Å². The minimum atomic E-state index is -3.82. The zero-order valence-corrected chi connectivity index (χ0v) is 21.6. The molecule has 35 heavy (non-hydrogen) atoms. The third-order valence-electron chi connectivity index (χ3n) is 5.98. The van der Waals surface area contributed by atoms with Crippen LogP contribution < -0.4 is 9.57 Å². The van der Waals surface area contributed by atoms with Gasteiger partial charge in [-0.1, -0.05) is 70.0 Å². The molecule has 9 heteroatoms. The highest BCUT2D eigenvalue weighted by Crippen LogP contribution is 2.39. The molecule has 0 bridgehead atoms. The lowest BCUT2D eigenvalue weighted by atomic mass is 9.94. The van der Waals surface area contributed by atoms with Crippen molar-refractivity contribution in [1.82, 2.24) is 14.8 Å². The van der Waals surface area contributed by atoms with Crippen LogP contribution in [0.4, 0.5) is 0 Å². The molecule has 0 saturated carbocycles. The van der Waals surface area contributed by atoms with E-state index in [0.29, 0.717) is 24.6 Å². The molecular formula is C26H24BrN3O4S. The van der Waals surface area contributed by atoms with Gasteiger partial charge in [-0.2, -0.15) is 0 Å². The maximum Gasteiger partial charge on any atom is 0.313 e. The number of nitrogens with zero attached hydrogens (tertiary/aromatic N) is 2. The number of nitrogens with one attached hydrogen (secondary N) is 1. The molecule has 3 aromatic carbocycles. The highest BCUT2D eigenvalue weighted by atomic mass is 79.9. The molecule has 7 nitrogen and oxygen atoms in total. The molecular weight excluding hydrogens is 530 g/mol. The normalized spacial score (nSPS) is 16.1. The van der Waals surface area contributed by atoms with Gasteiger partial charge in [0.05, 0.1) is 12.0 Å². The van der Waals surface area contributed by atoms with Gasteiger partial charge >= 0.3 is 5.95 Å². The predicted octanol–water partition coefficient (Wildman–Crippen LogP) is 5.26. The van der Waals surface area contributed by atoms with Crippen molar-refractivity contribution in [1.29, 1.82) is 0 Å². The summed E-state index contributed by atoms with van der Waals surface area (Å²) in [4.78, 5) is 7.76. The van der Waals surface area contributed by atoms with E-state index in [2.05, 4.69) is 20.8 Å². The van der Waals surface area contributed by atoms with Crippen molar-refractivity contribution >= 4 is 26.0 Å². The fourth-order valence-electron chi connectivity index (χ4n) is 4.25. The van der Waals surface area contributed by atoms with Crippen molar-refractivity contribution in [2.75, 3.05) is 13.7 Å². The smallest absolute Gasteiger partial charge is 0.313 e. The Balaban J connectivity index is 1.58. The number of aromatic nitrogens is 1. The zero-order valence-electron chi connectivity index (χ0n) is 19.2. The number of halogens is 1. The number of fused-ring (bicyclic) bond motifs is 1. The summed E-state index contributed by atoms with van der Waals surface area (Å²) in [7, 11) is -2.29. The Labute approximate surface area is 212 Å². The number of benzene rings is 3. The first-order valence-electron chi connectivity index (χ1n) is 11.1. The monoisotopic (exact) mass is 553 g/mol. The van der Waals surface area contributed by atoms with E-state index in [1.54, 1.807) is 29.3 Å². The van der Waals surface area contributed by atoms with Crippen LogP contribution in [-0.4, -0.2) is 32.1 Å². The van der Waals surface area contributed by atoms with Crippen LogP contribution in [-0.2, 0) is 16.4 Å². The highest BCUT2D eigenvalue weighted by Gasteiger charge is 2.36. The summed E-state index contributed by atoms with van der Waals surface area (Å²) in [6.07, 6.45) is 0.680. The molecule has 1 aliphatic heterocycles. The van der Waals surface area contributed by atoms with Crippen LogP contribution in [0.25, 0.3) is 11.3 Å². The number of rotatable bonds is 6. The van der Waals surface area contributed by atoms with Crippen LogP contribution >= 0.6 is 15.9 Å². The lowest BCUT2D eigenvalue weighted by Gasteiger charge is -2.35. The van der Waals surface area contributed by atoms with Gasteiger partial charge in [-0.05, 0) is 48.7 Å². The largest absolute Gasteiger partial charge is 0.467 e. The Hall–Kier alpha value is -2.98. The second-order valence-electron chi connectivity index (χ2n) is 8.36. The van der Waals surface area contributed by atoms with Gasteiger partial charge < -0.3 is 9.15 Å². The summed E-state index contributed by atoms with van der Waals surface area (Å²) in [5.74, 6) is 0.609. The van der Waals surface area contributed by atoms with Crippen molar-refractivity contribution in [2.24, 2.45) is 0 Å². The minimum Gasteiger partial charge on any atom is -0.467 e. The molecule has 1 N–H and O–H groups in total. The Morgan fingerprint density at radius 3 is 2.60 bits per heavy atom. The Kier molecular flexibility index (Phi) is 6.50. The average Bonchev–Trinajstić information content (AvgIpc) is 3.28. The second kappa shape index (κ2) is 9.58. The van der Waals surface area contributed by atoms with E-state index in [1.165, 1.54) is 7.11 Å². The first kappa shape index (κ1) is 23.7. The van der Waals surface area contributed by atoms with Crippen LogP contribution in [0, 0.1) is 6.92 Å². The van der Waals surface area contributed by atoms with Crippen LogP contribution in [0.5, 0.6) is 5.95 Å². The van der Waals surface area contributed by atoms with E-state index in [9.17, 15) is 8.42 Å². The third kappa shape index (κ3) is 4.77. The molecule has 0 unspecified atom stereocenters. The van der Waals surface area contributed by atoms with Crippen molar-refractivity contribution in [3.05, 3.63) is 99.9 Å². The maximum atomic E-state index is 13.3. The van der Waals surface area contributed by atoms with Gasteiger partial charge in [0.2, 0.25) is 5.89 Å². The molecule has 2 heterocycles. The Bertz CT molecular complexity index is 1470. The number of aryl methyl sites for hydroxylation is 1. The maximum absolute atomic E-state index is 13.3. The van der Waals surface area contributed by atoms with Crippen LogP contribution in [0.15, 0.2) is 86.6 Å². The van der Waals surface area contributed by atoms with Gasteiger partial charge in [0.25, 0.3) is 10.0 Å². The fourth-order valence-corrected chi connectivity index (χ4v) is 5.76. The molecule has 0 fully saturated rings. The molecule has 1 aromatic heterocycles. The van der Waals surface area contributed by atoms with Crippen LogP contribution in [0.2, 0.25) is 0 Å². The van der Waals surface area contributed by atoms with E-state index in [-0.39, 0.29) is 10.8 Å². The van der Waals surface area contributed by atoms with E-state index < -0.39 is 16.1 Å². The summed E-state index contributed by atoms with van der Waals surface area (Å²) < 4.78 is 39.0. The van der Waals surface area contributed by atoms with Gasteiger partial charge in [-0.15, -0.1) is 4.83 Å². The molecule has 0 amide bonds. The third-order valence-corrected chi connectivity index (χ3v) is 7.84. The van der Waals surface area contributed by atoms with Gasteiger partial charge in [0.15, 0.2) is 5.69 Å². The first-order chi connectivity index (χ1) is 16.9. The second-order valence-corrected chi connectivity index (χ2v) is 10.9. The lowest BCUT2D eigenvalue weighted by Crippen LogP contribution is -2.48. The minimum absolute atomic E-state index is 0.195. The summed E-state index contributed by atoms with van der Waals surface area (Å²) in [5.41, 5.74) is 4.40. The number of hydrogen-bond acceptors (Lipinski definition) is 6. The SMILES string of the molecule is COc1oc([C@H]2c3ccccc3CCN2NS(=O)(=O)c2ccc(C)cc2)nc1-c1cccc(Br)c1. The number of methoxy groups -OCH3 is 1. The number of hydrazine groups is 1. The summed E-state index contributed by atoms with van der Waals surface area (Å²) in [5, 5.41) is 1.67. The first-order valence-corrected chi connectivity index (χ1v) is 13.4. The topological polar surface area (TPSA) is 84.7 Å². The Morgan fingerprint density at radius 2 is 1.86 bits per heavy atom. The highest BCUT2D eigenvalue weighted by molar-refractivity contribution is 9.10. The number of ether oxygens (including phenoxy) is 1. The number of oxazole rings is 1. The van der Waals surface area contributed by atoms with E-state index in [0.717, 1.165) is 26.7 Å². The Morgan fingerprint density at radius 1 is 1.09 bits per heavy atom.